The minimum absolute atomic E-state index is 0.0241. The van der Waals surface area contributed by atoms with Gasteiger partial charge in [0.25, 0.3) is 0 Å². The molecule has 0 fully saturated rings. The fraction of sp³-hybridized carbons (Fsp3) is 0.462. The summed E-state index contributed by atoms with van der Waals surface area (Å²) in [4.78, 5) is 11.3. The van der Waals surface area contributed by atoms with Crippen molar-refractivity contribution in [2.24, 2.45) is 5.92 Å². The van der Waals surface area contributed by atoms with E-state index in [9.17, 15) is 9.90 Å². The molecule has 2 heterocycles. The summed E-state index contributed by atoms with van der Waals surface area (Å²) < 4.78 is 14.2. The van der Waals surface area contributed by atoms with Gasteiger partial charge in [-0.2, -0.15) is 0 Å². The van der Waals surface area contributed by atoms with Crippen molar-refractivity contribution < 1.29 is 19.4 Å². The van der Waals surface area contributed by atoms with Crippen LogP contribution in [0.1, 0.15) is 42.2 Å². The van der Waals surface area contributed by atoms with E-state index < -0.39 is 8.32 Å². The van der Waals surface area contributed by atoms with Gasteiger partial charge in [-0.1, -0.05) is 60.7 Å². The maximum atomic E-state index is 11.3. The summed E-state index contributed by atoms with van der Waals surface area (Å²) in [5.74, 6) is 0.708. The molecule has 4 rings (SSSR count). The Balaban J connectivity index is 1.53. The molecule has 1 aromatic heterocycles. The highest BCUT2D eigenvalue weighted by Gasteiger charge is 2.46. The molecule has 0 amide bonds. The van der Waals surface area contributed by atoms with Crippen LogP contribution < -0.4 is 4.74 Å². The van der Waals surface area contributed by atoms with Crippen LogP contribution in [0.4, 0.5) is 0 Å². The van der Waals surface area contributed by atoms with Crippen LogP contribution >= 0.6 is 0 Å². The number of hydrogen-bond acceptors (Lipinski definition) is 6. The van der Waals surface area contributed by atoms with Gasteiger partial charge in [0.15, 0.2) is 8.32 Å². The average Bonchev–Trinajstić information content (AvgIpc) is 3.28. The molecule has 0 bridgehead atoms. The van der Waals surface area contributed by atoms with E-state index in [1.54, 1.807) is 7.11 Å². The number of methoxy groups -OCH3 is 1. The summed E-state index contributed by atoms with van der Waals surface area (Å²) in [6.45, 7) is 6.65. The second-order valence-corrected chi connectivity index (χ2v) is 13.8. The molecular formula is C26H35N3O4Si. The normalized spacial score (nSPS) is 22.0. The number of fused-ring (bicyclic) bond motifs is 1. The molecule has 5 atom stereocenters. The van der Waals surface area contributed by atoms with Crippen LogP contribution in [-0.4, -0.2) is 53.0 Å². The second kappa shape index (κ2) is 10.4. The van der Waals surface area contributed by atoms with E-state index in [-0.39, 0.29) is 36.2 Å². The summed E-state index contributed by atoms with van der Waals surface area (Å²) in [6, 6.07) is 17.8. The molecule has 2 aromatic carbocycles. The molecule has 0 saturated heterocycles. The zero-order valence-electron chi connectivity index (χ0n) is 20.3. The van der Waals surface area contributed by atoms with Crippen LogP contribution in [0.15, 0.2) is 60.8 Å². The summed E-state index contributed by atoms with van der Waals surface area (Å²) in [7, 11) is -0.856. The van der Waals surface area contributed by atoms with E-state index in [1.807, 2.05) is 78.6 Å². The molecular weight excluding hydrogens is 446 g/mol. The number of para-hydroxylation sites is 1. The van der Waals surface area contributed by atoms with Crippen LogP contribution in [0.5, 0.6) is 5.75 Å². The lowest BCUT2D eigenvalue weighted by molar-refractivity contribution is -0.0247. The van der Waals surface area contributed by atoms with Gasteiger partial charge in [-0.3, -0.25) is 4.68 Å². The van der Waals surface area contributed by atoms with Crippen LogP contribution in [0.2, 0.25) is 18.6 Å². The fourth-order valence-corrected chi connectivity index (χ4v) is 7.16. The Bertz CT molecular complexity index is 1070. The Morgan fingerprint density at radius 3 is 2.50 bits per heavy atom. The first-order chi connectivity index (χ1) is 16.3. The second-order valence-electron chi connectivity index (χ2n) is 9.74. The Labute approximate surface area is 202 Å². The first kappa shape index (κ1) is 24.6. The van der Waals surface area contributed by atoms with Gasteiger partial charge in [0.1, 0.15) is 11.9 Å². The van der Waals surface area contributed by atoms with Gasteiger partial charge < -0.3 is 19.4 Å². The molecule has 3 aromatic rings. The van der Waals surface area contributed by atoms with Gasteiger partial charge in [0.05, 0.1) is 24.3 Å². The highest BCUT2D eigenvalue weighted by Crippen LogP contribution is 2.46. The van der Waals surface area contributed by atoms with Gasteiger partial charge in [-0.15, -0.1) is 5.10 Å². The lowest BCUT2D eigenvalue weighted by Crippen LogP contribution is -2.48. The molecule has 8 heteroatoms. The van der Waals surface area contributed by atoms with Crippen LogP contribution in [-0.2, 0) is 11.3 Å². The molecule has 7 nitrogen and oxygen atoms in total. The van der Waals surface area contributed by atoms with E-state index in [2.05, 4.69) is 17.2 Å². The van der Waals surface area contributed by atoms with Gasteiger partial charge in [-0.25, -0.2) is 0 Å². The lowest BCUT2D eigenvalue weighted by Gasteiger charge is -2.43. The molecule has 182 valence electrons. The minimum atomic E-state index is -2.59. The SMILES string of the molecule is CO[C@H]1c2ccccc2O[C@@H](C(CCn2cc(C(CO)c3ccccc3)nn2)[Si](C)(C)O)[C@@H]1C. The first-order valence-corrected chi connectivity index (χ1v) is 14.9. The monoisotopic (exact) mass is 481 g/mol. The third-order valence-electron chi connectivity index (χ3n) is 7.01. The van der Waals surface area contributed by atoms with E-state index in [4.69, 9.17) is 9.47 Å². The van der Waals surface area contributed by atoms with Crippen molar-refractivity contribution in [2.75, 3.05) is 13.7 Å². The number of aryl methyl sites for hydroxylation is 1. The Morgan fingerprint density at radius 2 is 1.82 bits per heavy atom. The van der Waals surface area contributed by atoms with Crippen molar-refractivity contribution in [2.45, 2.75) is 56.7 Å². The van der Waals surface area contributed by atoms with Gasteiger partial charge >= 0.3 is 0 Å². The predicted octanol–water partition coefficient (Wildman–Crippen LogP) is 4.14. The van der Waals surface area contributed by atoms with Crippen molar-refractivity contribution >= 4 is 8.32 Å². The highest BCUT2D eigenvalue weighted by molar-refractivity contribution is 6.71. The van der Waals surface area contributed by atoms with Crippen LogP contribution in [0.3, 0.4) is 0 Å². The van der Waals surface area contributed by atoms with E-state index in [0.717, 1.165) is 22.6 Å². The molecule has 2 N–H and O–H groups in total. The molecule has 0 aliphatic carbocycles. The van der Waals surface area contributed by atoms with Crippen molar-refractivity contribution in [1.82, 2.24) is 15.0 Å². The molecule has 1 aliphatic rings. The van der Waals surface area contributed by atoms with E-state index >= 15 is 0 Å². The summed E-state index contributed by atoms with van der Waals surface area (Å²) in [5.41, 5.74) is 2.78. The van der Waals surface area contributed by atoms with Crippen LogP contribution in [0, 0.1) is 5.92 Å². The average molecular weight is 482 g/mol. The number of nitrogens with zero attached hydrogens (tertiary/aromatic N) is 3. The molecule has 1 aliphatic heterocycles. The van der Waals surface area contributed by atoms with Gasteiger partial charge in [0.2, 0.25) is 0 Å². The number of aromatic nitrogens is 3. The predicted molar refractivity (Wildman–Crippen MR) is 133 cm³/mol. The maximum absolute atomic E-state index is 11.3. The Kier molecular flexibility index (Phi) is 7.52. The van der Waals surface area contributed by atoms with Crippen molar-refractivity contribution in [3.05, 3.63) is 77.6 Å². The molecule has 34 heavy (non-hydrogen) atoms. The number of rotatable bonds is 9. The Morgan fingerprint density at radius 1 is 1.12 bits per heavy atom. The Hall–Kier alpha value is -2.52. The van der Waals surface area contributed by atoms with E-state index in [0.29, 0.717) is 13.0 Å². The lowest BCUT2D eigenvalue weighted by atomic mass is 9.86. The van der Waals surface area contributed by atoms with Crippen molar-refractivity contribution in [3.8, 4) is 5.75 Å². The number of aliphatic hydroxyl groups is 1. The molecule has 0 spiro atoms. The number of ether oxygens (including phenoxy) is 2. The third-order valence-corrected chi connectivity index (χ3v) is 9.44. The standard InChI is InChI=1S/C26H35N3O4Si/c1-18-25(32-2)20-12-8-9-13-23(20)33-26(18)24(34(3,4)31)14-15-29-16-22(27-28-29)21(17-30)19-10-6-5-7-11-19/h5-13,16,18,21,24-26,30-31H,14-15,17H2,1-4H3/t18-,21?,24?,25-,26-/m1/s1. The number of benzene rings is 2. The summed E-state index contributed by atoms with van der Waals surface area (Å²) in [5, 5.41) is 18.6. The largest absolute Gasteiger partial charge is 0.490 e. The maximum Gasteiger partial charge on any atom is 0.189 e. The summed E-state index contributed by atoms with van der Waals surface area (Å²) in [6.07, 6.45) is 2.36. The minimum Gasteiger partial charge on any atom is -0.490 e. The van der Waals surface area contributed by atoms with Gasteiger partial charge in [0, 0.05) is 36.9 Å². The van der Waals surface area contributed by atoms with Crippen molar-refractivity contribution in [3.63, 3.8) is 0 Å². The molecule has 0 saturated carbocycles. The van der Waals surface area contributed by atoms with Crippen LogP contribution in [0.25, 0.3) is 0 Å². The number of hydrogen-bond donors (Lipinski definition) is 2. The fourth-order valence-electron chi connectivity index (χ4n) is 5.15. The number of aliphatic hydroxyl groups excluding tert-OH is 1. The topological polar surface area (TPSA) is 89.6 Å². The molecule has 2 unspecified atom stereocenters. The van der Waals surface area contributed by atoms with E-state index in [1.165, 1.54) is 0 Å². The first-order valence-electron chi connectivity index (χ1n) is 11.9. The smallest absolute Gasteiger partial charge is 0.189 e. The quantitative estimate of drug-likeness (QED) is 0.447. The third kappa shape index (κ3) is 5.10. The molecule has 0 radical (unpaired) electrons. The highest BCUT2D eigenvalue weighted by atomic mass is 28.4. The summed E-state index contributed by atoms with van der Waals surface area (Å²) >= 11 is 0. The zero-order chi connectivity index (χ0) is 24.3. The van der Waals surface area contributed by atoms with Gasteiger partial charge in [-0.05, 0) is 31.1 Å². The van der Waals surface area contributed by atoms with Crippen molar-refractivity contribution in [1.29, 1.82) is 0 Å². The zero-order valence-corrected chi connectivity index (χ0v) is 21.3.